The van der Waals surface area contributed by atoms with Crippen LogP contribution in [-0.4, -0.2) is 35.0 Å². The van der Waals surface area contributed by atoms with Crippen LogP contribution >= 0.6 is 11.3 Å². The van der Waals surface area contributed by atoms with Crippen LogP contribution in [0.4, 0.5) is 4.79 Å². The minimum atomic E-state index is -1.11. The van der Waals surface area contributed by atoms with Crippen molar-refractivity contribution in [1.29, 1.82) is 0 Å². The number of hydrogen-bond acceptors (Lipinski definition) is 3. The molecule has 1 rings (SSSR count). The third-order valence-corrected chi connectivity index (χ3v) is 2.66. The Bertz CT molecular complexity index is 359. The van der Waals surface area contributed by atoms with E-state index in [1.807, 2.05) is 0 Å². The first-order chi connectivity index (χ1) is 7.15. The Kier molecular flexibility index (Phi) is 4.05. The molecule has 0 saturated heterocycles. The maximum Gasteiger partial charge on any atom is 0.407 e. The molecule has 4 nitrogen and oxygen atoms in total. The van der Waals surface area contributed by atoms with Gasteiger partial charge in [-0.25, -0.2) is 4.79 Å². The highest BCUT2D eigenvalue weighted by molar-refractivity contribution is 7.12. The molecule has 0 aliphatic heterocycles. The molecular formula is C10H11NO3S. The Morgan fingerprint density at radius 3 is 2.80 bits per heavy atom. The number of amides is 1. The van der Waals surface area contributed by atoms with Gasteiger partial charge in [0.2, 0.25) is 0 Å². The first-order valence-corrected chi connectivity index (χ1v) is 5.18. The van der Waals surface area contributed by atoms with Crippen LogP contribution in [0.25, 0.3) is 0 Å². The van der Waals surface area contributed by atoms with Crippen molar-refractivity contribution in [3.05, 3.63) is 35.0 Å². The van der Waals surface area contributed by atoms with Gasteiger partial charge in [-0.2, -0.15) is 0 Å². The largest absolute Gasteiger partial charge is 0.465 e. The first kappa shape index (κ1) is 11.5. The number of hydrogen-bond donors (Lipinski definition) is 1. The summed E-state index contributed by atoms with van der Waals surface area (Å²) in [5.74, 6) is -0.186. The van der Waals surface area contributed by atoms with Crippen LogP contribution in [0.1, 0.15) is 9.67 Å². The van der Waals surface area contributed by atoms with Gasteiger partial charge in [0.1, 0.15) is 0 Å². The van der Waals surface area contributed by atoms with Crippen LogP contribution in [0.5, 0.6) is 0 Å². The molecule has 0 aliphatic carbocycles. The van der Waals surface area contributed by atoms with Gasteiger partial charge < -0.3 is 5.11 Å². The molecule has 80 valence electrons. The molecule has 1 N–H and O–H groups in total. The lowest BCUT2D eigenvalue weighted by Gasteiger charge is -2.15. The normalized spacial score (nSPS) is 9.60. The first-order valence-electron chi connectivity index (χ1n) is 4.30. The number of carboxylic acid groups (broad SMARTS) is 1. The fourth-order valence-corrected chi connectivity index (χ4v) is 1.71. The Morgan fingerprint density at radius 1 is 1.60 bits per heavy atom. The van der Waals surface area contributed by atoms with Crippen LogP contribution in [0.3, 0.4) is 0 Å². The molecule has 0 atom stereocenters. The van der Waals surface area contributed by atoms with Crippen molar-refractivity contribution in [3.63, 3.8) is 0 Å². The van der Waals surface area contributed by atoms with Gasteiger partial charge in [-0.1, -0.05) is 12.1 Å². The van der Waals surface area contributed by atoms with Crippen molar-refractivity contribution < 1.29 is 14.7 Å². The summed E-state index contributed by atoms with van der Waals surface area (Å²) in [4.78, 5) is 23.9. The molecule has 1 aromatic heterocycles. The molecule has 0 radical (unpaired) electrons. The zero-order valence-electron chi connectivity index (χ0n) is 8.05. The smallest absolute Gasteiger partial charge is 0.407 e. The number of ketones is 1. The average Bonchev–Trinajstić information content (AvgIpc) is 2.69. The van der Waals surface area contributed by atoms with Gasteiger partial charge >= 0.3 is 6.09 Å². The summed E-state index contributed by atoms with van der Waals surface area (Å²) < 4.78 is 0. The lowest BCUT2D eigenvalue weighted by Crippen LogP contribution is -2.34. The second-order valence-electron chi connectivity index (χ2n) is 2.85. The van der Waals surface area contributed by atoms with Crippen molar-refractivity contribution in [1.82, 2.24) is 4.90 Å². The summed E-state index contributed by atoms with van der Waals surface area (Å²) in [5.41, 5.74) is 0. The van der Waals surface area contributed by atoms with E-state index in [9.17, 15) is 9.59 Å². The predicted octanol–water partition coefficient (Wildman–Crippen LogP) is 2.10. The Labute approximate surface area is 91.4 Å². The van der Waals surface area contributed by atoms with Crippen molar-refractivity contribution in [2.24, 2.45) is 0 Å². The molecule has 0 bridgehead atoms. The highest BCUT2D eigenvalue weighted by Gasteiger charge is 2.16. The Morgan fingerprint density at radius 2 is 2.33 bits per heavy atom. The van der Waals surface area contributed by atoms with Crippen molar-refractivity contribution >= 4 is 23.2 Å². The number of thiophene rings is 1. The quantitative estimate of drug-likeness (QED) is 0.616. The van der Waals surface area contributed by atoms with Crippen LogP contribution < -0.4 is 0 Å². The summed E-state index contributed by atoms with van der Waals surface area (Å²) in [6, 6.07) is 3.44. The zero-order chi connectivity index (χ0) is 11.3. The topological polar surface area (TPSA) is 57.6 Å². The van der Waals surface area contributed by atoms with E-state index in [0.29, 0.717) is 4.88 Å². The minimum absolute atomic E-state index is 0.123. The van der Waals surface area contributed by atoms with Gasteiger partial charge in [-0.15, -0.1) is 17.9 Å². The van der Waals surface area contributed by atoms with Crippen LogP contribution in [0.15, 0.2) is 30.2 Å². The number of carbonyl (C=O) groups is 2. The predicted molar refractivity (Wildman–Crippen MR) is 58.4 cm³/mol. The SMILES string of the molecule is C=CCN(CC(=O)c1cccs1)C(=O)O. The van der Waals surface area contributed by atoms with E-state index in [1.54, 1.807) is 17.5 Å². The molecule has 0 aliphatic rings. The lowest BCUT2D eigenvalue weighted by molar-refractivity contribution is 0.0922. The monoisotopic (exact) mass is 225 g/mol. The van der Waals surface area contributed by atoms with E-state index in [-0.39, 0.29) is 18.9 Å². The fraction of sp³-hybridized carbons (Fsp3) is 0.200. The molecular weight excluding hydrogens is 214 g/mol. The van der Waals surface area contributed by atoms with E-state index in [2.05, 4.69) is 6.58 Å². The lowest BCUT2D eigenvalue weighted by atomic mass is 10.3. The van der Waals surface area contributed by atoms with Gasteiger partial charge in [-0.3, -0.25) is 9.69 Å². The molecule has 0 aromatic carbocycles. The van der Waals surface area contributed by atoms with Gasteiger partial charge in [0, 0.05) is 6.54 Å². The number of nitrogens with zero attached hydrogens (tertiary/aromatic N) is 1. The molecule has 15 heavy (non-hydrogen) atoms. The standard InChI is InChI=1S/C10H11NO3S/c1-2-5-11(10(13)14)7-8(12)9-4-3-6-15-9/h2-4,6H,1,5,7H2,(H,13,14). The molecule has 1 heterocycles. The second kappa shape index (κ2) is 5.31. The molecule has 5 heteroatoms. The number of Topliss-reactive ketones (excluding diaryl/α,β-unsaturated/α-hetero) is 1. The summed E-state index contributed by atoms with van der Waals surface area (Å²) in [7, 11) is 0. The van der Waals surface area contributed by atoms with Crippen LogP contribution in [-0.2, 0) is 0 Å². The van der Waals surface area contributed by atoms with Gasteiger partial charge in [-0.05, 0) is 11.4 Å². The van der Waals surface area contributed by atoms with Gasteiger partial charge in [0.25, 0.3) is 0 Å². The Balaban J connectivity index is 2.62. The van der Waals surface area contributed by atoms with E-state index in [4.69, 9.17) is 5.11 Å². The molecule has 0 saturated carbocycles. The highest BCUT2D eigenvalue weighted by Crippen LogP contribution is 2.10. The highest BCUT2D eigenvalue weighted by atomic mass is 32.1. The van der Waals surface area contributed by atoms with E-state index >= 15 is 0 Å². The number of rotatable bonds is 5. The van der Waals surface area contributed by atoms with Gasteiger partial charge in [0.05, 0.1) is 11.4 Å². The summed E-state index contributed by atoms with van der Waals surface area (Å²) in [5, 5.41) is 10.6. The summed E-state index contributed by atoms with van der Waals surface area (Å²) in [6.45, 7) is 3.48. The van der Waals surface area contributed by atoms with Crippen LogP contribution in [0, 0.1) is 0 Å². The van der Waals surface area contributed by atoms with Crippen molar-refractivity contribution in [2.75, 3.05) is 13.1 Å². The minimum Gasteiger partial charge on any atom is -0.465 e. The average molecular weight is 225 g/mol. The summed E-state index contributed by atoms with van der Waals surface area (Å²) >= 11 is 1.31. The molecule has 0 spiro atoms. The fourth-order valence-electron chi connectivity index (χ4n) is 1.05. The maximum absolute atomic E-state index is 11.6. The maximum atomic E-state index is 11.6. The van der Waals surface area contributed by atoms with E-state index in [0.717, 1.165) is 4.90 Å². The summed E-state index contributed by atoms with van der Waals surface area (Å²) in [6.07, 6.45) is 0.343. The van der Waals surface area contributed by atoms with Crippen molar-refractivity contribution in [3.8, 4) is 0 Å². The third kappa shape index (κ3) is 3.21. The van der Waals surface area contributed by atoms with E-state index in [1.165, 1.54) is 17.4 Å². The molecule has 1 amide bonds. The third-order valence-electron chi connectivity index (χ3n) is 1.75. The van der Waals surface area contributed by atoms with E-state index < -0.39 is 6.09 Å². The van der Waals surface area contributed by atoms with Crippen molar-refractivity contribution in [2.45, 2.75) is 0 Å². The second-order valence-corrected chi connectivity index (χ2v) is 3.80. The van der Waals surface area contributed by atoms with Gasteiger partial charge in [0.15, 0.2) is 5.78 Å². The number of carbonyl (C=O) groups excluding carboxylic acids is 1. The Hall–Kier alpha value is -1.62. The zero-order valence-corrected chi connectivity index (χ0v) is 8.87. The molecule has 1 aromatic rings. The molecule has 0 unspecified atom stereocenters. The van der Waals surface area contributed by atoms with Crippen LogP contribution in [0.2, 0.25) is 0 Å². The molecule has 0 fully saturated rings.